The number of oxazole rings is 1. The van der Waals surface area contributed by atoms with Crippen molar-refractivity contribution in [2.75, 3.05) is 19.0 Å². The largest absolute Gasteiger partial charge is 0.497 e. The highest BCUT2D eigenvalue weighted by Gasteiger charge is 2.28. The average molecular weight is 469 g/mol. The number of nitrogens with one attached hydrogen (secondary N) is 1. The molecule has 0 saturated heterocycles. The summed E-state index contributed by atoms with van der Waals surface area (Å²) in [7, 11) is -2.36. The minimum Gasteiger partial charge on any atom is -0.497 e. The highest BCUT2D eigenvalue weighted by atomic mass is 35.5. The van der Waals surface area contributed by atoms with Gasteiger partial charge >= 0.3 is 0 Å². The van der Waals surface area contributed by atoms with E-state index in [1.807, 2.05) is 30.3 Å². The van der Waals surface area contributed by atoms with Gasteiger partial charge in [-0.25, -0.2) is 8.42 Å². The van der Waals surface area contributed by atoms with Crippen molar-refractivity contribution in [3.63, 3.8) is 0 Å². The van der Waals surface area contributed by atoms with Gasteiger partial charge in [0.25, 0.3) is 0 Å². The Morgan fingerprint density at radius 1 is 0.969 bits per heavy atom. The van der Waals surface area contributed by atoms with Crippen molar-refractivity contribution in [1.29, 1.82) is 0 Å². The van der Waals surface area contributed by atoms with Crippen molar-refractivity contribution in [2.45, 2.75) is 16.3 Å². The maximum atomic E-state index is 13.3. The van der Waals surface area contributed by atoms with Crippen molar-refractivity contribution in [3.05, 3.63) is 89.4 Å². The molecule has 1 N–H and O–H groups in total. The fourth-order valence-corrected chi connectivity index (χ4v) is 4.55. The minimum atomic E-state index is -3.93. The maximum absolute atomic E-state index is 13.3. The van der Waals surface area contributed by atoms with Gasteiger partial charge in [-0.15, -0.1) is 0 Å². The Morgan fingerprint density at radius 2 is 1.66 bits per heavy atom. The first-order chi connectivity index (χ1) is 15.5. The van der Waals surface area contributed by atoms with Gasteiger partial charge in [-0.2, -0.15) is 4.98 Å². The Hall–Kier alpha value is -3.29. The molecular formula is C24H21ClN2O4S. The minimum absolute atomic E-state index is 0.0857. The van der Waals surface area contributed by atoms with Gasteiger partial charge in [0.05, 0.1) is 12.0 Å². The van der Waals surface area contributed by atoms with Crippen LogP contribution in [0.25, 0.3) is 11.5 Å². The Kier molecular flexibility index (Phi) is 6.48. The molecule has 0 radical (unpaired) electrons. The average Bonchev–Trinajstić information content (AvgIpc) is 3.25. The van der Waals surface area contributed by atoms with Crippen molar-refractivity contribution in [2.24, 2.45) is 0 Å². The van der Waals surface area contributed by atoms with Gasteiger partial charge in [-0.1, -0.05) is 41.9 Å². The van der Waals surface area contributed by atoms with Crippen LogP contribution in [0.1, 0.15) is 5.56 Å². The molecule has 0 atom stereocenters. The lowest BCUT2D eigenvalue weighted by Gasteiger charge is -2.06. The van der Waals surface area contributed by atoms with Crippen LogP contribution in [0.4, 0.5) is 5.88 Å². The molecule has 0 aliphatic carbocycles. The third kappa shape index (κ3) is 4.79. The standard InChI is InChI=1S/C24H21ClN2O4S/c1-30-20-11-7-18(8-12-20)22-27-24(32(28,29)21-13-9-19(25)10-14-21)23(31-22)26-16-15-17-5-3-2-4-6-17/h2-14,26H,15-16H2,1H3. The molecule has 4 aromatic rings. The summed E-state index contributed by atoms with van der Waals surface area (Å²) in [6.07, 6.45) is 0.694. The lowest BCUT2D eigenvalue weighted by molar-refractivity contribution is 0.415. The second kappa shape index (κ2) is 9.46. The first-order valence-corrected chi connectivity index (χ1v) is 11.8. The molecule has 0 saturated carbocycles. The van der Waals surface area contributed by atoms with Crippen molar-refractivity contribution < 1.29 is 17.6 Å². The Balaban J connectivity index is 1.68. The van der Waals surface area contributed by atoms with E-state index in [2.05, 4.69) is 10.3 Å². The highest BCUT2D eigenvalue weighted by molar-refractivity contribution is 7.91. The fraction of sp³-hybridized carbons (Fsp3) is 0.125. The first kappa shape index (κ1) is 21.9. The molecule has 6 nitrogen and oxygen atoms in total. The summed E-state index contributed by atoms with van der Waals surface area (Å²) in [5, 5.41) is 3.38. The third-order valence-corrected chi connectivity index (χ3v) is 6.78. The van der Waals surface area contributed by atoms with Crippen LogP contribution in [0.5, 0.6) is 5.75 Å². The van der Waals surface area contributed by atoms with Crippen LogP contribution in [0.2, 0.25) is 5.02 Å². The molecule has 0 aliphatic heterocycles. The normalized spacial score (nSPS) is 11.3. The second-order valence-electron chi connectivity index (χ2n) is 7.00. The molecule has 0 aliphatic rings. The molecule has 8 heteroatoms. The quantitative estimate of drug-likeness (QED) is 0.368. The second-order valence-corrected chi connectivity index (χ2v) is 9.30. The van der Waals surface area contributed by atoms with Crippen LogP contribution in [-0.4, -0.2) is 27.1 Å². The summed E-state index contributed by atoms with van der Waals surface area (Å²) in [6, 6.07) is 22.9. The lowest BCUT2D eigenvalue weighted by Crippen LogP contribution is -2.09. The number of halogens is 1. The van der Waals surface area contributed by atoms with E-state index >= 15 is 0 Å². The van der Waals surface area contributed by atoms with Crippen molar-refractivity contribution >= 4 is 27.3 Å². The molecule has 164 valence electrons. The van der Waals surface area contributed by atoms with E-state index in [-0.39, 0.29) is 21.7 Å². The number of nitrogens with zero attached hydrogens (tertiary/aromatic N) is 1. The van der Waals surface area contributed by atoms with E-state index < -0.39 is 9.84 Å². The Labute approximate surface area is 191 Å². The van der Waals surface area contributed by atoms with Gasteiger partial charge in [-0.3, -0.25) is 0 Å². The summed E-state index contributed by atoms with van der Waals surface area (Å²) < 4.78 is 37.7. The molecule has 0 unspecified atom stereocenters. The van der Waals surface area contributed by atoms with E-state index in [1.165, 1.54) is 24.3 Å². The summed E-state index contributed by atoms with van der Waals surface area (Å²) >= 11 is 5.92. The molecule has 1 aromatic heterocycles. The van der Waals surface area contributed by atoms with Crippen LogP contribution in [0.15, 0.2) is 93.2 Å². The molecule has 1 heterocycles. The van der Waals surface area contributed by atoms with E-state index in [4.69, 9.17) is 20.8 Å². The first-order valence-electron chi connectivity index (χ1n) is 9.91. The number of ether oxygens (including phenoxy) is 1. The van der Waals surface area contributed by atoms with E-state index in [0.29, 0.717) is 29.3 Å². The zero-order valence-electron chi connectivity index (χ0n) is 17.3. The number of benzene rings is 3. The molecular weight excluding hydrogens is 448 g/mol. The van der Waals surface area contributed by atoms with Crippen LogP contribution in [0, 0.1) is 0 Å². The summed E-state index contributed by atoms with van der Waals surface area (Å²) in [4.78, 5) is 4.43. The fourth-order valence-electron chi connectivity index (χ4n) is 3.15. The monoisotopic (exact) mass is 468 g/mol. The van der Waals surface area contributed by atoms with E-state index in [1.54, 1.807) is 31.4 Å². The number of sulfone groups is 1. The lowest BCUT2D eigenvalue weighted by atomic mass is 10.1. The van der Waals surface area contributed by atoms with E-state index in [0.717, 1.165) is 5.56 Å². The van der Waals surface area contributed by atoms with Gasteiger partial charge in [0, 0.05) is 17.1 Å². The zero-order chi connectivity index (χ0) is 22.6. The van der Waals surface area contributed by atoms with E-state index in [9.17, 15) is 8.42 Å². The number of rotatable bonds is 8. The number of methoxy groups -OCH3 is 1. The Bertz CT molecular complexity index is 1290. The van der Waals surface area contributed by atoms with Crippen molar-refractivity contribution in [3.8, 4) is 17.2 Å². The van der Waals surface area contributed by atoms with Crippen LogP contribution in [-0.2, 0) is 16.3 Å². The molecule has 0 bridgehead atoms. The molecule has 32 heavy (non-hydrogen) atoms. The zero-order valence-corrected chi connectivity index (χ0v) is 18.9. The summed E-state index contributed by atoms with van der Waals surface area (Å²) in [6.45, 7) is 0.477. The third-order valence-electron chi connectivity index (χ3n) is 4.85. The van der Waals surface area contributed by atoms with Gasteiger partial charge in [0.15, 0.2) is 0 Å². The number of hydrogen-bond acceptors (Lipinski definition) is 6. The SMILES string of the molecule is COc1ccc(-c2nc(S(=O)(=O)c3ccc(Cl)cc3)c(NCCc3ccccc3)o2)cc1. The predicted octanol–water partition coefficient (Wildman–Crippen LogP) is 5.49. The highest BCUT2D eigenvalue weighted by Crippen LogP contribution is 2.33. The Morgan fingerprint density at radius 3 is 2.31 bits per heavy atom. The predicted molar refractivity (Wildman–Crippen MR) is 124 cm³/mol. The van der Waals surface area contributed by atoms with Gasteiger partial charge in [-0.05, 0) is 60.5 Å². The van der Waals surface area contributed by atoms with Crippen LogP contribution >= 0.6 is 11.6 Å². The topological polar surface area (TPSA) is 81.4 Å². The van der Waals surface area contributed by atoms with Gasteiger partial charge in [0.2, 0.25) is 26.6 Å². The summed E-state index contributed by atoms with van der Waals surface area (Å²) in [5.41, 5.74) is 1.76. The molecule has 3 aromatic carbocycles. The number of aromatic nitrogens is 1. The van der Waals surface area contributed by atoms with Crippen molar-refractivity contribution in [1.82, 2.24) is 4.98 Å². The molecule has 0 amide bonds. The smallest absolute Gasteiger partial charge is 0.233 e. The molecule has 0 spiro atoms. The molecule has 0 fully saturated rings. The molecule has 4 rings (SSSR count). The van der Waals surface area contributed by atoms with Crippen LogP contribution in [0.3, 0.4) is 0 Å². The van der Waals surface area contributed by atoms with Gasteiger partial charge < -0.3 is 14.5 Å². The number of anilines is 1. The number of hydrogen-bond donors (Lipinski definition) is 1. The van der Waals surface area contributed by atoms with Crippen LogP contribution < -0.4 is 10.1 Å². The summed E-state index contributed by atoms with van der Waals surface area (Å²) in [5.74, 6) is 0.972. The maximum Gasteiger partial charge on any atom is 0.233 e. The van der Waals surface area contributed by atoms with Gasteiger partial charge in [0.1, 0.15) is 5.75 Å².